The lowest BCUT2D eigenvalue weighted by molar-refractivity contribution is 0.0427. The van der Waals surface area contributed by atoms with Gasteiger partial charge in [-0.2, -0.15) is 8.78 Å². The van der Waals surface area contributed by atoms with Gasteiger partial charge in [-0.25, -0.2) is 4.79 Å². The van der Waals surface area contributed by atoms with Crippen molar-refractivity contribution in [2.75, 3.05) is 0 Å². The van der Waals surface area contributed by atoms with Crippen molar-refractivity contribution >= 4 is 5.97 Å². The normalized spacial score (nSPS) is 11.3. The summed E-state index contributed by atoms with van der Waals surface area (Å²) in [6.45, 7) is 0. The second kappa shape index (κ2) is 6.92. The van der Waals surface area contributed by atoms with Crippen molar-refractivity contribution in [2.24, 2.45) is 0 Å². The second-order valence-electron chi connectivity index (χ2n) is 5.86. The molecule has 3 rings (SSSR count). The summed E-state index contributed by atoms with van der Waals surface area (Å²) in [5.41, 5.74) is 0.228. The van der Waals surface area contributed by atoms with Crippen LogP contribution in [0, 0.1) is 0 Å². The van der Waals surface area contributed by atoms with Gasteiger partial charge in [0.05, 0.1) is 5.56 Å². The highest BCUT2D eigenvalue weighted by Gasteiger charge is 2.34. The minimum atomic E-state index is -3.33. The minimum absolute atomic E-state index is 0.193. The fourth-order valence-corrected chi connectivity index (χ4v) is 2.66. The first kappa shape index (κ1) is 17.5. The van der Waals surface area contributed by atoms with E-state index < -0.39 is 11.9 Å². The number of alkyl halides is 2. The third-order valence-corrected chi connectivity index (χ3v) is 4.08. The summed E-state index contributed by atoms with van der Waals surface area (Å²) in [6.07, 6.45) is 1.86. The SMILES string of the molecule is O=C(O)c1cccc(C(F)(F)c2ccc(Cc3ccc[nH]c3=O)cc2)c1. The predicted molar refractivity (Wildman–Crippen MR) is 92.7 cm³/mol. The smallest absolute Gasteiger partial charge is 0.335 e. The number of halogens is 2. The van der Waals surface area contributed by atoms with Crippen molar-refractivity contribution in [3.63, 3.8) is 0 Å². The standard InChI is InChI=1S/C20H15F2NO3/c21-20(22,17-5-1-3-15(12-17)19(25)26)16-8-6-13(7-9-16)11-14-4-2-10-23-18(14)24/h1-10,12H,11H2,(H,23,24)(H,25,26). The highest BCUT2D eigenvalue weighted by atomic mass is 19.3. The monoisotopic (exact) mass is 355 g/mol. The molecule has 0 bridgehead atoms. The zero-order chi connectivity index (χ0) is 18.7. The largest absolute Gasteiger partial charge is 0.478 e. The summed E-state index contributed by atoms with van der Waals surface area (Å²) in [5.74, 6) is -4.58. The van der Waals surface area contributed by atoms with E-state index in [9.17, 15) is 18.4 Å². The molecule has 0 saturated carbocycles. The predicted octanol–water partition coefficient (Wildman–Crippen LogP) is 3.80. The zero-order valence-electron chi connectivity index (χ0n) is 13.6. The molecule has 6 heteroatoms. The summed E-state index contributed by atoms with van der Waals surface area (Å²) < 4.78 is 29.4. The van der Waals surface area contributed by atoms with E-state index >= 15 is 0 Å². The number of hydrogen-bond donors (Lipinski definition) is 2. The summed E-state index contributed by atoms with van der Waals surface area (Å²) >= 11 is 0. The third kappa shape index (κ3) is 3.54. The Morgan fingerprint density at radius 2 is 1.73 bits per heavy atom. The van der Waals surface area contributed by atoms with Crippen molar-refractivity contribution in [1.82, 2.24) is 4.98 Å². The maximum Gasteiger partial charge on any atom is 0.335 e. The van der Waals surface area contributed by atoms with E-state index in [1.807, 2.05) is 0 Å². The van der Waals surface area contributed by atoms with Crippen LogP contribution < -0.4 is 5.56 Å². The highest BCUT2D eigenvalue weighted by Crippen LogP contribution is 2.36. The van der Waals surface area contributed by atoms with E-state index in [0.717, 1.165) is 11.6 Å². The van der Waals surface area contributed by atoms with Crippen LogP contribution in [0.1, 0.15) is 32.6 Å². The van der Waals surface area contributed by atoms with Gasteiger partial charge in [-0.3, -0.25) is 4.79 Å². The van der Waals surface area contributed by atoms with Gasteiger partial charge in [-0.1, -0.05) is 42.5 Å². The molecule has 0 unspecified atom stereocenters. The number of aromatic nitrogens is 1. The molecule has 132 valence electrons. The number of rotatable bonds is 5. The van der Waals surface area contributed by atoms with Gasteiger partial charge < -0.3 is 10.1 Å². The van der Waals surface area contributed by atoms with Crippen LogP contribution in [0.2, 0.25) is 0 Å². The molecule has 2 N–H and O–H groups in total. The van der Waals surface area contributed by atoms with Gasteiger partial charge in [0.15, 0.2) is 0 Å². The average Bonchev–Trinajstić information content (AvgIpc) is 2.64. The van der Waals surface area contributed by atoms with Crippen molar-refractivity contribution < 1.29 is 18.7 Å². The van der Waals surface area contributed by atoms with E-state index in [1.54, 1.807) is 12.1 Å². The van der Waals surface area contributed by atoms with E-state index in [-0.39, 0.29) is 22.2 Å². The molecule has 1 heterocycles. The number of carboxylic acid groups (broad SMARTS) is 1. The van der Waals surface area contributed by atoms with Gasteiger partial charge in [0.2, 0.25) is 0 Å². The molecular formula is C20H15F2NO3. The van der Waals surface area contributed by atoms with Crippen LogP contribution in [0.3, 0.4) is 0 Å². The number of benzene rings is 2. The van der Waals surface area contributed by atoms with Crippen LogP contribution in [0.25, 0.3) is 0 Å². The molecular weight excluding hydrogens is 340 g/mol. The Kier molecular flexibility index (Phi) is 4.67. The molecule has 3 aromatic rings. The molecule has 0 radical (unpaired) electrons. The lowest BCUT2D eigenvalue weighted by Crippen LogP contribution is -2.16. The van der Waals surface area contributed by atoms with E-state index in [1.165, 1.54) is 48.7 Å². The fraction of sp³-hybridized carbons (Fsp3) is 0.100. The van der Waals surface area contributed by atoms with Gasteiger partial charge in [0.1, 0.15) is 0 Å². The number of carboxylic acids is 1. The van der Waals surface area contributed by atoms with E-state index in [4.69, 9.17) is 5.11 Å². The first-order valence-corrected chi connectivity index (χ1v) is 7.85. The number of nitrogens with one attached hydrogen (secondary N) is 1. The van der Waals surface area contributed by atoms with E-state index in [2.05, 4.69) is 4.98 Å². The Labute approximate surface area is 147 Å². The fourth-order valence-electron chi connectivity index (χ4n) is 2.66. The molecule has 1 aromatic heterocycles. The Morgan fingerprint density at radius 3 is 2.38 bits per heavy atom. The molecule has 0 fully saturated rings. The number of aromatic amines is 1. The Balaban J connectivity index is 1.87. The molecule has 0 aliphatic heterocycles. The van der Waals surface area contributed by atoms with Crippen LogP contribution in [0.15, 0.2) is 71.7 Å². The second-order valence-corrected chi connectivity index (χ2v) is 5.86. The molecule has 4 nitrogen and oxygen atoms in total. The first-order chi connectivity index (χ1) is 12.4. The highest BCUT2D eigenvalue weighted by molar-refractivity contribution is 5.87. The molecule has 0 aliphatic rings. The average molecular weight is 355 g/mol. The summed E-state index contributed by atoms with van der Waals surface area (Å²) in [7, 11) is 0. The Hall–Kier alpha value is -3.28. The number of hydrogen-bond acceptors (Lipinski definition) is 2. The maximum absolute atomic E-state index is 14.7. The van der Waals surface area contributed by atoms with Crippen LogP contribution in [0.5, 0.6) is 0 Å². The summed E-state index contributed by atoms with van der Waals surface area (Å²) in [5, 5.41) is 8.97. The van der Waals surface area contributed by atoms with Crippen LogP contribution in [-0.2, 0) is 12.3 Å². The van der Waals surface area contributed by atoms with Gasteiger partial charge in [0, 0.05) is 29.3 Å². The Bertz CT molecular complexity index is 994. The van der Waals surface area contributed by atoms with Gasteiger partial charge >= 0.3 is 5.97 Å². The lowest BCUT2D eigenvalue weighted by atomic mass is 9.96. The zero-order valence-corrected chi connectivity index (χ0v) is 13.6. The minimum Gasteiger partial charge on any atom is -0.478 e. The third-order valence-electron chi connectivity index (χ3n) is 4.08. The molecule has 0 spiro atoms. The van der Waals surface area contributed by atoms with Gasteiger partial charge in [0.25, 0.3) is 11.5 Å². The van der Waals surface area contributed by atoms with Crippen molar-refractivity contribution in [1.29, 1.82) is 0 Å². The molecule has 0 amide bonds. The Morgan fingerprint density at radius 1 is 1.00 bits per heavy atom. The molecule has 0 atom stereocenters. The van der Waals surface area contributed by atoms with Crippen LogP contribution in [-0.4, -0.2) is 16.1 Å². The number of pyridine rings is 1. The molecule has 0 aliphatic carbocycles. The molecule has 26 heavy (non-hydrogen) atoms. The summed E-state index contributed by atoms with van der Waals surface area (Å²) in [6, 6.07) is 13.8. The topological polar surface area (TPSA) is 70.2 Å². The number of H-pyrrole nitrogens is 1. The van der Waals surface area contributed by atoms with Crippen molar-refractivity contribution in [2.45, 2.75) is 12.3 Å². The van der Waals surface area contributed by atoms with Crippen molar-refractivity contribution in [3.8, 4) is 0 Å². The number of carbonyl (C=O) groups is 1. The molecule has 0 saturated heterocycles. The summed E-state index contributed by atoms with van der Waals surface area (Å²) in [4.78, 5) is 25.3. The maximum atomic E-state index is 14.7. The van der Waals surface area contributed by atoms with Gasteiger partial charge in [-0.05, 0) is 23.8 Å². The first-order valence-electron chi connectivity index (χ1n) is 7.85. The van der Waals surface area contributed by atoms with Crippen LogP contribution in [0.4, 0.5) is 8.78 Å². The number of aromatic carboxylic acids is 1. The quantitative estimate of drug-likeness (QED) is 0.731. The van der Waals surface area contributed by atoms with E-state index in [0.29, 0.717) is 12.0 Å². The van der Waals surface area contributed by atoms with Gasteiger partial charge in [-0.15, -0.1) is 0 Å². The van der Waals surface area contributed by atoms with Crippen molar-refractivity contribution in [3.05, 3.63) is 105 Å². The lowest BCUT2D eigenvalue weighted by Gasteiger charge is -2.18. The van der Waals surface area contributed by atoms with Crippen LogP contribution >= 0.6 is 0 Å². The molecule has 2 aromatic carbocycles.